The van der Waals surface area contributed by atoms with Crippen LogP contribution < -0.4 is 10.6 Å². The van der Waals surface area contributed by atoms with Crippen LogP contribution in [0.15, 0.2) is 42.7 Å². The van der Waals surface area contributed by atoms with Gasteiger partial charge in [0.25, 0.3) is 5.91 Å². The number of hydrogen-bond donors (Lipinski definition) is 2. The van der Waals surface area contributed by atoms with Gasteiger partial charge in [-0.1, -0.05) is 23.7 Å². The summed E-state index contributed by atoms with van der Waals surface area (Å²) < 4.78 is 23.0. The number of carbonyl (C=O) groups excluding carboxylic acids is 1. The SMILES string of the molecule is O=C(NC1CCS(=O)(=O)C1)c1cncc(NCCc2ccc(Cl)cc2)c1. The lowest BCUT2D eigenvalue weighted by Crippen LogP contribution is -2.35. The number of carbonyl (C=O) groups is 1. The zero-order chi connectivity index (χ0) is 18.6. The zero-order valence-electron chi connectivity index (χ0n) is 14.1. The van der Waals surface area contributed by atoms with E-state index in [1.807, 2.05) is 24.3 Å². The second-order valence-corrected chi connectivity index (χ2v) is 9.00. The van der Waals surface area contributed by atoms with E-state index in [1.165, 1.54) is 6.20 Å². The van der Waals surface area contributed by atoms with Crippen LogP contribution in [-0.4, -0.2) is 43.4 Å². The molecule has 0 saturated carbocycles. The van der Waals surface area contributed by atoms with Crippen LogP contribution in [0.5, 0.6) is 0 Å². The zero-order valence-corrected chi connectivity index (χ0v) is 15.7. The van der Waals surface area contributed by atoms with Gasteiger partial charge in [0, 0.05) is 30.0 Å². The average molecular weight is 394 g/mol. The van der Waals surface area contributed by atoms with Gasteiger partial charge in [0.2, 0.25) is 0 Å². The van der Waals surface area contributed by atoms with E-state index < -0.39 is 9.84 Å². The van der Waals surface area contributed by atoms with Crippen molar-refractivity contribution in [3.63, 3.8) is 0 Å². The van der Waals surface area contributed by atoms with Crippen molar-refractivity contribution in [1.29, 1.82) is 0 Å². The first kappa shape index (κ1) is 18.7. The molecule has 2 heterocycles. The fraction of sp³-hybridized carbons (Fsp3) is 0.333. The summed E-state index contributed by atoms with van der Waals surface area (Å²) in [5, 5.41) is 6.71. The minimum atomic E-state index is -3.02. The molecule has 1 fully saturated rings. The molecule has 3 rings (SSSR count). The van der Waals surface area contributed by atoms with E-state index in [4.69, 9.17) is 11.6 Å². The standard InChI is InChI=1S/C18H20ClN3O3S/c19-15-3-1-13(2-4-15)5-7-21-17-9-14(10-20-11-17)18(23)22-16-6-8-26(24,25)12-16/h1-4,9-11,16,21H,5-8,12H2,(H,22,23). The molecule has 0 bridgehead atoms. The number of halogens is 1. The molecule has 138 valence electrons. The topological polar surface area (TPSA) is 88.2 Å². The molecule has 0 radical (unpaired) electrons. The predicted octanol–water partition coefficient (Wildman–Crippen LogP) is 2.31. The smallest absolute Gasteiger partial charge is 0.253 e. The Bertz CT molecular complexity index is 885. The van der Waals surface area contributed by atoms with Crippen LogP contribution in [0.25, 0.3) is 0 Å². The molecule has 1 unspecified atom stereocenters. The molecule has 1 amide bonds. The third kappa shape index (κ3) is 5.19. The highest BCUT2D eigenvalue weighted by molar-refractivity contribution is 7.91. The van der Waals surface area contributed by atoms with Crippen molar-refractivity contribution in [3.05, 3.63) is 58.9 Å². The Kier molecular flexibility index (Phi) is 5.78. The van der Waals surface area contributed by atoms with Gasteiger partial charge in [0.1, 0.15) is 0 Å². The quantitative estimate of drug-likeness (QED) is 0.786. The lowest BCUT2D eigenvalue weighted by atomic mass is 10.1. The van der Waals surface area contributed by atoms with Crippen LogP contribution in [0, 0.1) is 0 Å². The van der Waals surface area contributed by atoms with Crippen LogP contribution in [0.2, 0.25) is 5.02 Å². The Labute approximate surface area is 157 Å². The number of anilines is 1. The molecule has 1 aromatic heterocycles. The van der Waals surface area contributed by atoms with Crippen LogP contribution in [-0.2, 0) is 16.3 Å². The maximum atomic E-state index is 12.3. The van der Waals surface area contributed by atoms with Crippen molar-refractivity contribution in [2.24, 2.45) is 0 Å². The number of sulfone groups is 1. The number of rotatable bonds is 6. The Morgan fingerprint density at radius 1 is 1.23 bits per heavy atom. The second-order valence-electron chi connectivity index (χ2n) is 6.34. The molecule has 1 aliphatic heterocycles. The predicted molar refractivity (Wildman–Crippen MR) is 102 cm³/mol. The first-order chi connectivity index (χ1) is 12.4. The molecular weight excluding hydrogens is 374 g/mol. The van der Waals surface area contributed by atoms with Crippen molar-refractivity contribution < 1.29 is 13.2 Å². The summed E-state index contributed by atoms with van der Waals surface area (Å²) >= 11 is 5.87. The normalized spacial score (nSPS) is 18.4. The summed E-state index contributed by atoms with van der Waals surface area (Å²) in [7, 11) is -3.02. The summed E-state index contributed by atoms with van der Waals surface area (Å²) in [4.78, 5) is 16.4. The summed E-state index contributed by atoms with van der Waals surface area (Å²) in [6, 6.07) is 9.05. The van der Waals surface area contributed by atoms with E-state index in [9.17, 15) is 13.2 Å². The molecular formula is C18H20ClN3O3S. The lowest BCUT2D eigenvalue weighted by Gasteiger charge is -2.12. The van der Waals surface area contributed by atoms with Gasteiger partial charge in [-0.2, -0.15) is 0 Å². The fourth-order valence-corrected chi connectivity index (χ4v) is 4.64. The van der Waals surface area contributed by atoms with Crippen LogP contribution in [0.3, 0.4) is 0 Å². The molecule has 26 heavy (non-hydrogen) atoms. The van der Waals surface area contributed by atoms with E-state index in [0.717, 1.165) is 17.7 Å². The van der Waals surface area contributed by atoms with Gasteiger partial charge in [-0.15, -0.1) is 0 Å². The van der Waals surface area contributed by atoms with Crippen LogP contribution in [0.4, 0.5) is 5.69 Å². The van der Waals surface area contributed by atoms with Gasteiger partial charge in [0.05, 0.1) is 22.8 Å². The first-order valence-corrected chi connectivity index (χ1v) is 10.6. The summed E-state index contributed by atoms with van der Waals surface area (Å²) in [5.41, 5.74) is 2.31. The Hall–Kier alpha value is -2.12. The minimum absolute atomic E-state index is 0.00516. The number of nitrogens with one attached hydrogen (secondary N) is 2. The Balaban J connectivity index is 1.54. The summed E-state index contributed by atoms with van der Waals surface area (Å²) in [5.74, 6) is -0.172. The molecule has 0 aliphatic carbocycles. The van der Waals surface area contributed by atoms with E-state index in [1.54, 1.807) is 12.3 Å². The second kappa shape index (κ2) is 8.05. The maximum absolute atomic E-state index is 12.3. The monoisotopic (exact) mass is 393 g/mol. The summed E-state index contributed by atoms with van der Waals surface area (Å²) in [6.07, 6.45) is 4.40. The summed E-state index contributed by atoms with van der Waals surface area (Å²) in [6.45, 7) is 0.690. The molecule has 0 spiro atoms. The van der Waals surface area contributed by atoms with E-state index in [2.05, 4.69) is 15.6 Å². The van der Waals surface area contributed by atoms with Crippen molar-refractivity contribution in [1.82, 2.24) is 10.3 Å². The molecule has 2 aromatic rings. The molecule has 1 atom stereocenters. The molecule has 1 aliphatic rings. The number of pyridine rings is 1. The molecule has 1 saturated heterocycles. The highest BCUT2D eigenvalue weighted by atomic mass is 35.5. The minimum Gasteiger partial charge on any atom is -0.383 e. The van der Waals surface area contributed by atoms with Crippen LogP contribution >= 0.6 is 11.6 Å². The van der Waals surface area contributed by atoms with Gasteiger partial charge >= 0.3 is 0 Å². The lowest BCUT2D eigenvalue weighted by molar-refractivity contribution is 0.0941. The van der Waals surface area contributed by atoms with E-state index in [-0.39, 0.29) is 23.5 Å². The van der Waals surface area contributed by atoms with Crippen molar-refractivity contribution in [3.8, 4) is 0 Å². The Morgan fingerprint density at radius 3 is 2.69 bits per heavy atom. The molecule has 2 N–H and O–H groups in total. The number of hydrogen-bond acceptors (Lipinski definition) is 5. The van der Waals surface area contributed by atoms with Crippen molar-refractivity contribution in [2.75, 3.05) is 23.4 Å². The average Bonchev–Trinajstić information content (AvgIpc) is 2.95. The number of amides is 1. The van der Waals surface area contributed by atoms with E-state index >= 15 is 0 Å². The highest BCUT2D eigenvalue weighted by Crippen LogP contribution is 2.14. The van der Waals surface area contributed by atoms with Crippen molar-refractivity contribution >= 4 is 33.0 Å². The van der Waals surface area contributed by atoms with Gasteiger partial charge < -0.3 is 10.6 Å². The third-order valence-electron chi connectivity index (χ3n) is 4.22. The highest BCUT2D eigenvalue weighted by Gasteiger charge is 2.29. The van der Waals surface area contributed by atoms with Gasteiger partial charge in [0.15, 0.2) is 9.84 Å². The largest absolute Gasteiger partial charge is 0.383 e. The molecule has 6 nitrogen and oxygen atoms in total. The van der Waals surface area contributed by atoms with Gasteiger partial charge in [-0.3, -0.25) is 9.78 Å². The van der Waals surface area contributed by atoms with E-state index in [0.29, 0.717) is 23.6 Å². The van der Waals surface area contributed by atoms with Crippen LogP contribution in [0.1, 0.15) is 22.3 Å². The van der Waals surface area contributed by atoms with Crippen molar-refractivity contribution in [2.45, 2.75) is 18.9 Å². The number of aromatic nitrogens is 1. The Morgan fingerprint density at radius 2 is 2.00 bits per heavy atom. The maximum Gasteiger partial charge on any atom is 0.253 e. The van der Waals surface area contributed by atoms with Gasteiger partial charge in [-0.05, 0) is 36.6 Å². The number of nitrogens with zero attached hydrogens (tertiary/aromatic N) is 1. The third-order valence-corrected chi connectivity index (χ3v) is 6.24. The fourth-order valence-electron chi connectivity index (χ4n) is 2.84. The van der Waals surface area contributed by atoms with Gasteiger partial charge in [-0.25, -0.2) is 8.42 Å². The first-order valence-electron chi connectivity index (χ1n) is 8.36. The number of benzene rings is 1. The molecule has 8 heteroatoms. The molecule has 1 aromatic carbocycles.